The molecule has 0 bridgehead atoms. The second-order valence-corrected chi connectivity index (χ2v) is 18.4. The zero-order valence-electron chi connectivity index (χ0n) is 32.5. The van der Waals surface area contributed by atoms with E-state index in [1.807, 2.05) is 13.0 Å². The molecule has 0 unspecified atom stereocenters. The lowest BCUT2D eigenvalue weighted by Crippen LogP contribution is -2.62. The highest BCUT2D eigenvalue weighted by atomic mass is 32.2. The van der Waals surface area contributed by atoms with Gasteiger partial charge < -0.3 is 24.8 Å². The number of sulfonamides is 1. The number of fused-ring (bicyclic) bond motifs is 3. The van der Waals surface area contributed by atoms with Crippen LogP contribution >= 0.6 is 0 Å². The Morgan fingerprint density at radius 2 is 1.91 bits per heavy atom. The van der Waals surface area contributed by atoms with Gasteiger partial charge in [0.1, 0.15) is 35.5 Å². The van der Waals surface area contributed by atoms with Crippen LogP contribution in [-0.2, 0) is 24.4 Å². The Morgan fingerprint density at radius 3 is 2.54 bits per heavy atom. The fraction of sp³-hybridized carbons (Fsp3) is 0.615. The number of aromatic nitrogens is 1. The first-order valence-corrected chi connectivity index (χ1v) is 20.8. The molecule has 18 heteroatoms. The maximum absolute atomic E-state index is 15.0. The number of methoxy groups -OCH3 is 1. The minimum atomic E-state index is -5.03. The van der Waals surface area contributed by atoms with E-state index in [1.54, 1.807) is 37.3 Å². The van der Waals surface area contributed by atoms with Gasteiger partial charge in [-0.05, 0) is 93.9 Å². The summed E-state index contributed by atoms with van der Waals surface area (Å²) < 4.78 is 82.2. The molecule has 6 rings (SSSR count). The summed E-state index contributed by atoms with van der Waals surface area (Å²) >= 11 is 0. The maximum atomic E-state index is 15.0. The predicted octanol–water partition coefficient (Wildman–Crippen LogP) is 5.17. The molecule has 4 amide bonds. The second-order valence-electron chi connectivity index (χ2n) is 16.2. The number of nitrogens with one attached hydrogen (secondary N) is 2. The van der Waals surface area contributed by atoms with E-state index < -0.39 is 86.4 Å². The molecular weight excluding hydrogens is 772 g/mol. The van der Waals surface area contributed by atoms with Crippen molar-refractivity contribution in [2.24, 2.45) is 17.8 Å². The van der Waals surface area contributed by atoms with E-state index in [9.17, 15) is 45.9 Å². The molecule has 3 N–H and O–H groups in total. The summed E-state index contributed by atoms with van der Waals surface area (Å²) in [7, 11) is -2.60. The zero-order valence-corrected chi connectivity index (χ0v) is 33.4. The van der Waals surface area contributed by atoms with Crippen molar-refractivity contribution < 1.29 is 55.3 Å². The lowest BCUT2D eigenvalue weighted by Gasteiger charge is -2.41. The third kappa shape index (κ3) is 8.37. The van der Waals surface area contributed by atoms with E-state index in [4.69, 9.17) is 9.47 Å². The Labute approximate surface area is 329 Å². The Bertz CT molecular complexity index is 2040. The SMILES string of the molecule is CC[C@@H]1C[C@H](C)CCC=C[C@@H]2C[C@@]2(C(=O)NS(=O)(=O)C2(C)CC2)NC(=O)[C@@H]2C[C@@H](Oc3nccc4cc(OC)ccc34)CN2C(=O)[C@H]1N(C(=O)O)[C@H](C)C(F)(F)F. The second kappa shape index (κ2) is 15.6. The Balaban J connectivity index is 1.42. The highest BCUT2D eigenvalue weighted by molar-refractivity contribution is 7.91. The number of hydrogen-bond acceptors (Lipinski definition) is 9. The quantitative estimate of drug-likeness (QED) is 0.286. The molecule has 1 aromatic heterocycles. The molecule has 0 spiro atoms. The van der Waals surface area contributed by atoms with Crippen LogP contribution in [0.25, 0.3) is 10.8 Å². The van der Waals surface area contributed by atoms with E-state index in [1.165, 1.54) is 20.2 Å². The van der Waals surface area contributed by atoms with Crippen LogP contribution < -0.4 is 19.5 Å². The van der Waals surface area contributed by atoms with Crippen molar-refractivity contribution in [3.63, 3.8) is 0 Å². The number of nitrogens with zero attached hydrogens (tertiary/aromatic N) is 3. The Morgan fingerprint density at radius 1 is 1.19 bits per heavy atom. The molecule has 1 aromatic carbocycles. The van der Waals surface area contributed by atoms with Gasteiger partial charge in [0.2, 0.25) is 27.7 Å². The normalized spacial score (nSPS) is 29.5. The number of rotatable bonds is 9. The number of amides is 4. The molecule has 3 fully saturated rings. The summed E-state index contributed by atoms with van der Waals surface area (Å²) in [5.41, 5.74) is -1.70. The molecular formula is C39H50F3N5O9S. The largest absolute Gasteiger partial charge is 0.497 e. The summed E-state index contributed by atoms with van der Waals surface area (Å²) in [5, 5.41) is 14.4. The van der Waals surface area contributed by atoms with Gasteiger partial charge in [-0.3, -0.25) is 24.0 Å². The van der Waals surface area contributed by atoms with Crippen molar-refractivity contribution in [1.29, 1.82) is 0 Å². The van der Waals surface area contributed by atoms with Gasteiger partial charge in [-0.2, -0.15) is 13.2 Å². The van der Waals surface area contributed by atoms with Gasteiger partial charge in [-0.15, -0.1) is 0 Å². The van der Waals surface area contributed by atoms with E-state index in [-0.39, 0.29) is 48.9 Å². The summed E-state index contributed by atoms with van der Waals surface area (Å²) in [6.07, 6.45) is -0.965. The average Bonchev–Trinajstić information content (AvgIpc) is 4.03. The van der Waals surface area contributed by atoms with Crippen molar-refractivity contribution in [1.82, 2.24) is 24.8 Å². The highest BCUT2D eigenvalue weighted by Crippen LogP contribution is 2.48. The lowest BCUT2D eigenvalue weighted by molar-refractivity contribution is -0.184. The lowest BCUT2D eigenvalue weighted by atomic mass is 9.83. The molecule has 3 heterocycles. The number of halogens is 3. The fourth-order valence-electron chi connectivity index (χ4n) is 8.14. The fourth-order valence-corrected chi connectivity index (χ4v) is 9.46. The van der Waals surface area contributed by atoms with E-state index >= 15 is 0 Å². The molecule has 1 saturated heterocycles. The van der Waals surface area contributed by atoms with Crippen LogP contribution in [0.3, 0.4) is 0 Å². The van der Waals surface area contributed by atoms with Crippen molar-refractivity contribution in [2.45, 2.75) is 120 Å². The standard InChI is InChI=1S/C39H50F3N5O9S/c1-6-24-17-22(2)9-7-8-10-26-20-38(26,35(50)45-57(53,54)37(4)14-15-37)44-32(48)30-19-28(56-33-29-12-11-27(55-5)18-25(29)13-16-43-33)21-46(30)34(49)31(24)47(36(51)52)23(3)39(40,41)42/h8,10-13,16,18,22-24,26,28,30-31H,6-7,9,14-15,17,19-21H2,1-5H3,(H,44,48)(H,45,50)(H,51,52)/t22-,23-,24-,26-,28-,30+,31+,38-/m1/s1. The average molecular weight is 822 g/mol. The number of benzene rings is 1. The van der Waals surface area contributed by atoms with Crippen LogP contribution in [0.4, 0.5) is 18.0 Å². The van der Waals surface area contributed by atoms with Crippen molar-refractivity contribution in [3.8, 4) is 11.6 Å². The molecule has 57 heavy (non-hydrogen) atoms. The molecule has 2 aliphatic carbocycles. The molecule has 312 valence electrons. The predicted molar refractivity (Wildman–Crippen MR) is 202 cm³/mol. The first kappa shape index (κ1) is 42.0. The number of carboxylic acid groups (broad SMARTS) is 1. The van der Waals surface area contributed by atoms with Crippen LogP contribution in [0.5, 0.6) is 11.6 Å². The van der Waals surface area contributed by atoms with Gasteiger partial charge in [0.05, 0.1) is 18.4 Å². The van der Waals surface area contributed by atoms with Crippen molar-refractivity contribution in [2.75, 3.05) is 13.7 Å². The Kier molecular flexibility index (Phi) is 11.5. The maximum Gasteiger partial charge on any atom is 0.408 e. The number of hydrogen-bond donors (Lipinski definition) is 3. The number of allylic oxidation sites excluding steroid dienone is 1. The van der Waals surface area contributed by atoms with Crippen molar-refractivity contribution >= 4 is 44.6 Å². The van der Waals surface area contributed by atoms with Gasteiger partial charge in [0.25, 0.3) is 5.91 Å². The molecule has 0 radical (unpaired) electrons. The molecule has 8 atom stereocenters. The van der Waals surface area contributed by atoms with Gasteiger partial charge in [-0.25, -0.2) is 18.2 Å². The van der Waals surface area contributed by atoms with Crippen LogP contribution in [0, 0.1) is 17.8 Å². The molecule has 4 aliphatic rings. The molecule has 14 nitrogen and oxygen atoms in total. The van der Waals surface area contributed by atoms with Gasteiger partial charge in [0.15, 0.2) is 0 Å². The number of ether oxygens (including phenoxy) is 2. The summed E-state index contributed by atoms with van der Waals surface area (Å²) in [5.74, 6) is -3.74. The number of pyridine rings is 1. The van der Waals surface area contributed by atoms with Crippen LogP contribution in [0.15, 0.2) is 42.6 Å². The number of carbonyl (C=O) groups excluding carboxylic acids is 3. The minimum absolute atomic E-state index is 0.0588. The van der Waals surface area contributed by atoms with Gasteiger partial charge >= 0.3 is 12.3 Å². The smallest absolute Gasteiger partial charge is 0.408 e. The van der Waals surface area contributed by atoms with Crippen LogP contribution in [0.2, 0.25) is 0 Å². The van der Waals surface area contributed by atoms with E-state index in [0.29, 0.717) is 49.1 Å². The third-order valence-corrected chi connectivity index (χ3v) is 14.4. The summed E-state index contributed by atoms with van der Waals surface area (Å²) in [6.45, 7) is 5.41. The third-order valence-electron chi connectivity index (χ3n) is 12.2. The molecule has 2 aliphatic heterocycles. The van der Waals surface area contributed by atoms with Crippen molar-refractivity contribution in [3.05, 3.63) is 42.6 Å². The van der Waals surface area contributed by atoms with Crippen LogP contribution in [0.1, 0.15) is 79.1 Å². The summed E-state index contributed by atoms with van der Waals surface area (Å²) in [6, 6.07) is 1.02. The first-order chi connectivity index (χ1) is 26.7. The zero-order chi connectivity index (χ0) is 41.7. The number of alkyl halides is 3. The Hall–Kier alpha value is -4.61. The molecule has 2 aromatic rings. The monoisotopic (exact) mass is 821 g/mol. The van der Waals surface area contributed by atoms with E-state index in [2.05, 4.69) is 15.0 Å². The topological polar surface area (TPSA) is 185 Å². The van der Waals surface area contributed by atoms with E-state index in [0.717, 1.165) is 4.90 Å². The minimum Gasteiger partial charge on any atom is -0.497 e. The van der Waals surface area contributed by atoms with Gasteiger partial charge in [-0.1, -0.05) is 32.4 Å². The highest BCUT2D eigenvalue weighted by Gasteiger charge is 2.63. The number of carbonyl (C=O) groups is 4. The first-order valence-electron chi connectivity index (χ1n) is 19.3. The molecule has 2 saturated carbocycles. The van der Waals surface area contributed by atoms with Crippen LogP contribution in [-0.4, -0.2) is 106 Å². The summed E-state index contributed by atoms with van der Waals surface area (Å²) in [4.78, 5) is 61.8. The van der Waals surface area contributed by atoms with Gasteiger partial charge in [0, 0.05) is 23.9 Å².